The van der Waals surface area contributed by atoms with E-state index in [1.54, 1.807) is 13.8 Å². The fourth-order valence-corrected chi connectivity index (χ4v) is 3.05. The minimum atomic E-state index is -0.513. The van der Waals surface area contributed by atoms with Crippen LogP contribution in [0.3, 0.4) is 0 Å². The van der Waals surface area contributed by atoms with Crippen molar-refractivity contribution in [3.8, 4) is 5.75 Å². The number of hydrogen-bond acceptors (Lipinski definition) is 5. The van der Waals surface area contributed by atoms with Crippen LogP contribution in [0.4, 0.5) is 4.39 Å². The van der Waals surface area contributed by atoms with Gasteiger partial charge in [0.1, 0.15) is 23.5 Å². The van der Waals surface area contributed by atoms with Crippen molar-refractivity contribution in [3.63, 3.8) is 0 Å². The molecule has 0 saturated carbocycles. The second-order valence-corrected chi connectivity index (χ2v) is 6.18. The van der Waals surface area contributed by atoms with E-state index in [1.165, 1.54) is 12.1 Å². The number of rotatable bonds is 5. The van der Waals surface area contributed by atoms with E-state index >= 15 is 0 Å². The highest BCUT2D eigenvalue weighted by atomic mass is 32.1. The summed E-state index contributed by atoms with van der Waals surface area (Å²) in [5, 5.41) is 0.501. The van der Waals surface area contributed by atoms with Gasteiger partial charge in [-0.3, -0.25) is 0 Å². The second-order valence-electron chi connectivity index (χ2n) is 6.18. The SMILES string of the molecule is C.CC.CCOC(=O)c1c(C)oc2cc(F)c(OCC3=C(C)N(C)CC3)cc12.S. The lowest BCUT2D eigenvalue weighted by atomic mass is 10.1. The van der Waals surface area contributed by atoms with E-state index in [-0.39, 0.29) is 33.3 Å². The predicted molar refractivity (Wildman–Crippen MR) is 121 cm³/mol. The lowest BCUT2D eigenvalue weighted by molar-refractivity contribution is 0.0526. The van der Waals surface area contributed by atoms with Crippen molar-refractivity contribution in [2.45, 2.75) is 48.5 Å². The Labute approximate surface area is 180 Å². The van der Waals surface area contributed by atoms with Gasteiger partial charge in [-0.15, -0.1) is 0 Å². The van der Waals surface area contributed by atoms with E-state index in [0.29, 0.717) is 28.9 Å². The molecule has 0 N–H and O–H groups in total. The first-order chi connectivity index (χ1) is 12.9. The maximum absolute atomic E-state index is 14.3. The molecule has 5 nitrogen and oxygen atoms in total. The number of nitrogens with zero attached hydrogens (tertiary/aromatic N) is 1. The monoisotopic (exact) mass is 427 g/mol. The van der Waals surface area contributed by atoms with Crippen molar-refractivity contribution in [2.24, 2.45) is 0 Å². The number of aryl methyl sites for hydroxylation is 1. The number of allylic oxidation sites excluding steroid dienone is 1. The van der Waals surface area contributed by atoms with Gasteiger partial charge in [0, 0.05) is 30.7 Å². The zero-order valence-corrected chi connectivity index (χ0v) is 18.4. The number of ether oxygens (including phenoxy) is 2. The Morgan fingerprint density at radius 2 is 1.93 bits per heavy atom. The number of fused-ring (bicyclic) bond motifs is 1. The molecule has 29 heavy (non-hydrogen) atoms. The Kier molecular flexibility index (Phi) is 10.9. The van der Waals surface area contributed by atoms with Crippen molar-refractivity contribution in [2.75, 3.05) is 26.8 Å². The fraction of sp³-hybridized carbons (Fsp3) is 0.500. The van der Waals surface area contributed by atoms with Crippen molar-refractivity contribution < 1.29 is 23.1 Å². The minimum absolute atomic E-state index is 0. The van der Waals surface area contributed by atoms with Gasteiger partial charge in [-0.05, 0) is 38.8 Å². The molecule has 1 aromatic heterocycles. The zero-order valence-electron chi connectivity index (χ0n) is 17.4. The van der Waals surface area contributed by atoms with Crippen LogP contribution >= 0.6 is 13.5 Å². The largest absolute Gasteiger partial charge is 0.486 e. The number of furan rings is 1. The summed E-state index contributed by atoms with van der Waals surface area (Å²) in [5.74, 6) is -0.483. The highest BCUT2D eigenvalue weighted by Crippen LogP contribution is 2.32. The molecule has 2 aromatic rings. The van der Waals surface area contributed by atoms with Gasteiger partial charge in [0.25, 0.3) is 0 Å². The van der Waals surface area contributed by atoms with Crippen LogP contribution in [0.2, 0.25) is 0 Å². The van der Waals surface area contributed by atoms with E-state index in [9.17, 15) is 9.18 Å². The van der Waals surface area contributed by atoms with Gasteiger partial charge in [0.2, 0.25) is 0 Å². The van der Waals surface area contributed by atoms with Crippen LogP contribution in [0.25, 0.3) is 11.0 Å². The van der Waals surface area contributed by atoms with Crippen LogP contribution in [-0.2, 0) is 4.74 Å². The molecule has 0 atom stereocenters. The molecular formula is C22H34FNO4S. The molecule has 1 aliphatic rings. The summed E-state index contributed by atoms with van der Waals surface area (Å²) in [6.07, 6.45) is 0.908. The van der Waals surface area contributed by atoms with E-state index in [4.69, 9.17) is 13.9 Å². The summed E-state index contributed by atoms with van der Waals surface area (Å²) >= 11 is 0. The molecule has 0 amide bonds. The van der Waals surface area contributed by atoms with E-state index in [1.807, 2.05) is 27.8 Å². The summed E-state index contributed by atoms with van der Waals surface area (Å²) < 4.78 is 30.6. The molecule has 164 valence electrons. The topological polar surface area (TPSA) is 51.9 Å². The number of esters is 1. The Balaban J connectivity index is 0.00000190. The second kappa shape index (κ2) is 11.8. The van der Waals surface area contributed by atoms with Crippen molar-refractivity contribution >= 4 is 30.4 Å². The zero-order chi connectivity index (χ0) is 20.1. The molecular weight excluding hydrogens is 393 g/mol. The quantitative estimate of drug-likeness (QED) is 0.563. The first kappa shape index (κ1) is 26.9. The molecule has 0 saturated heterocycles. The number of halogens is 1. The summed E-state index contributed by atoms with van der Waals surface area (Å²) in [4.78, 5) is 14.3. The van der Waals surface area contributed by atoms with Crippen LogP contribution in [0.5, 0.6) is 5.75 Å². The van der Waals surface area contributed by atoms with Gasteiger partial charge in [-0.1, -0.05) is 21.3 Å². The highest BCUT2D eigenvalue weighted by Gasteiger charge is 2.22. The minimum Gasteiger partial charge on any atom is -0.486 e. The molecule has 1 aliphatic heterocycles. The van der Waals surface area contributed by atoms with E-state index in [2.05, 4.69) is 4.90 Å². The van der Waals surface area contributed by atoms with Crippen molar-refractivity contribution in [3.05, 3.63) is 40.5 Å². The van der Waals surface area contributed by atoms with Crippen LogP contribution in [-0.4, -0.2) is 37.7 Å². The average molecular weight is 428 g/mol. The smallest absolute Gasteiger partial charge is 0.342 e. The summed E-state index contributed by atoms with van der Waals surface area (Å²) in [6, 6.07) is 2.77. The summed E-state index contributed by atoms with van der Waals surface area (Å²) in [6.45, 7) is 11.0. The normalized spacial score (nSPS) is 12.7. The molecule has 2 heterocycles. The molecule has 1 aromatic carbocycles. The molecule has 7 heteroatoms. The molecule has 0 unspecified atom stereocenters. The van der Waals surface area contributed by atoms with Gasteiger partial charge in [0.15, 0.2) is 11.6 Å². The van der Waals surface area contributed by atoms with E-state index < -0.39 is 11.8 Å². The van der Waals surface area contributed by atoms with Gasteiger partial charge in [-0.2, -0.15) is 13.5 Å². The van der Waals surface area contributed by atoms with Crippen molar-refractivity contribution in [1.82, 2.24) is 4.90 Å². The Morgan fingerprint density at radius 1 is 1.28 bits per heavy atom. The molecule has 0 aliphatic carbocycles. The Morgan fingerprint density at radius 3 is 2.48 bits per heavy atom. The fourth-order valence-electron chi connectivity index (χ4n) is 3.05. The molecule has 0 spiro atoms. The third-order valence-corrected chi connectivity index (χ3v) is 4.63. The first-order valence-corrected chi connectivity index (χ1v) is 9.34. The predicted octanol–water partition coefficient (Wildman–Crippen LogP) is 5.82. The first-order valence-electron chi connectivity index (χ1n) is 9.34. The van der Waals surface area contributed by atoms with Gasteiger partial charge in [0.05, 0.1) is 6.61 Å². The molecule has 0 radical (unpaired) electrons. The lowest BCUT2D eigenvalue weighted by Crippen LogP contribution is -2.10. The number of carbonyl (C=O) groups is 1. The van der Waals surface area contributed by atoms with Crippen LogP contribution in [0, 0.1) is 12.7 Å². The van der Waals surface area contributed by atoms with Gasteiger partial charge in [-0.25, -0.2) is 9.18 Å². The standard InChI is InChI=1S/C19H22FNO4.C2H6.CH4.H2S/c1-5-23-19(22)18-12(3)25-16-9-15(20)17(8-14(16)18)24-10-13-6-7-21(4)11(13)2;1-2;;/h8-9H,5-7,10H2,1-4H3;1-2H3;1H4;1H2. The van der Waals surface area contributed by atoms with Gasteiger partial charge >= 0.3 is 5.97 Å². The Bertz CT molecular complexity index is 860. The highest BCUT2D eigenvalue weighted by molar-refractivity contribution is 7.59. The third kappa shape index (κ3) is 5.69. The molecule has 0 bridgehead atoms. The number of hydrogen-bond donors (Lipinski definition) is 0. The van der Waals surface area contributed by atoms with Crippen molar-refractivity contribution in [1.29, 1.82) is 0 Å². The summed E-state index contributed by atoms with van der Waals surface area (Å²) in [7, 11) is 2.02. The maximum atomic E-state index is 14.3. The third-order valence-electron chi connectivity index (χ3n) is 4.63. The van der Waals surface area contributed by atoms with Gasteiger partial charge < -0.3 is 18.8 Å². The molecule has 3 rings (SSSR count). The lowest BCUT2D eigenvalue weighted by Gasteiger charge is -2.12. The van der Waals surface area contributed by atoms with Crippen LogP contribution in [0.15, 0.2) is 27.8 Å². The maximum Gasteiger partial charge on any atom is 0.342 e. The van der Waals surface area contributed by atoms with E-state index in [0.717, 1.165) is 24.2 Å². The average Bonchev–Trinajstić information content (AvgIpc) is 3.13. The van der Waals surface area contributed by atoms with Crippen LogP contribution < -0.4 is 4.74 Å². The number of benzene rings is 1. The molecule has 0 fully saturated rings. The Hall–Kier alpha value is -2.15. The van der Waals surface area contributed by atoms with Crippen LogP contribution in [0.1, 0.15) is 57.7 Å². The number of carbonyl (C=O) groups excluding carboxylic acids is 1. The summed E-state index contributed by atoms with van der Waals surface area (Å²) in [5.41, 5.74) is 2.93.